The summed E-state index contributed by atoms with van der Waals surface area (Å²) in [4.78, 5) is 4.11. The lowest BCUT2D eigenvalue weighted by Crippen LogP contribution is -2.01. The molecule has 2 N–H and O–H groups in total. The maximum absolute atomic E-state index is 5.74. The summed E-state index contributed by atoms with van der Waals surface area (Å²) in [5.41, 5.74) is 6.68. The van der Waals surface area contributed by atoms with Crippen molar-refractivity contribution in [3.05, 3.63) is 12.0 Å². The van der Waals surface area contributed by atoms with Crippen LogP contribution in [0.4, 0.5) is 5.82 Å². The van der Waals surface area contributed by atoms with Gasteiger partial charge in [0.1, 0.15) is 5.82 Å². The quantitative estimate of drug-likeness (QED) is 0.716. The monoisotopic (exact) mass is 153 g/mol. The first-order valence-corrected chi connectivity index (χ1v) is 4.03. The number of aryl methyl sites for hydroxylation is 2. The molecule has 0 unspecified atom stereocenters. The van der Waals surface area contributed by atoms with Gasteiger partial charge in [-0.1, -0.05) is 13.3 Å². The van der Waals surface area contributed by atoms with Gasteiger partial charge in [-0.25, -0.2) is 4.98 Å². The van der Waals surface area contributed by atoms with E-state index in [0.717, 1.165) is 18.1 Å². The molecule has 11 heavy (non-hydrogen) atoms. The van der Waals surface area contributed by atoms with E-state index < -0.39 is 0 Å². The lowest BCUT2D eigenvalue weighted by atomic mass is 10.3. The van der Waals surface area contributed by atoms with Gasteiger partial charge in [0.15, 0.2) is 0 Å². The predicted octanol–water partition coefficient (Wildman–Crippen LogP) is 1.57. The molecule has 62 valence electrons. The SMILES string of the molecule is CCCCn1cnc(C)c1N. The van der Waals surface area contributed by atoms with Crippen molar-refractivity contribution in [2.45, 2.75) is 33.2 Å². The van der Waals surface area contributed by atoms with Crippen LogP contribution in [0.25, 0.3) is 0 Å². The molecule has 0 spiro atoms. The summed E-state index contributed by atoms with van der Waals surface area (Å²) in [6.45, 7) is 5.08. The maximum atomic E-state index is 5.74. The number of anilines is 1. The van der Waals surface area contributed by atoms with Crippen LogP contribution in [0.2, 0.25) is 0 Å². The number of aromatic nitrogens is 2. The lowest BCUT2D eigenvalue weighted by molar-refractivity contribution is 0.637. The molecule has 0 saturated carbocycles. The second-order valence-electron chi connectivity index (χ2n) is 2.76. The van der Waals surface area contributed by atoms with E-state index in [1.807, 2.05) is 11.5 Å². The lowest BCUT2D eigenvalue weighted by Gasteiger charge is -2.02. The number of hydrogen-bond acceptors (Lipinski definition) is 2. The third kappa shape index (κ3) is 1.73. The van der Waals surface area contributed by atoms with E-state index in [4.69, 9.17) is 5.73 Å². The summed E-state index contributed by atoms with van der Waals surface area (Å²) in [6, 6.07) is 0. The van der Waals surface area contributed by atoms with Gasteiger partial charge >= 0.3 is 0 Å². The molecular weight excluding hydrogens is 138 g/mol. The molecule has 1 aromatic rings. The zero-order valence-electron chi connectivity index (χ0n) is 7.17. The zero-order chi connectivity index (χ0) is 8.27. The molecule has 3 heteroatoms. The Hall–Kier alpha value is -0.990. The van der Waals surface area contributed by atoms with E-state index in [2.05, 4.69) is 11.9 Å². The van der Waals surface area contributed by atoms with E-state index in [-0.39, 0.29) is 0 Å². The van der Waals surface area contributed by atoms with Crippen molar-refractivity contribution in [2.75, 3.05) is 5.73 Å². The minimum absolute atomic E-state index is 0.804. The van der Waals surface area contributed by atoms with Crippen LogP contribution in [0.5, 0.6) is 0 Å². The molecule has 0 aliphatic rings. The van der Waals surface area contributed by atoms with Crippen molar-refractivity contribution >= 4 is 5.82 Å². The number of hydrogen-bond donors (Lipinski definition) is 1. The van der Waals surface area contributed by atoms with Crippen molar-refractivity contribution in [3.63, 3.8) is 0 Å². The van der Waals surface area contributed by atoms with Crippen LogP contribution in [-0.2, 0) is 6.54 Å². The maximum Gasteiger partial charge on any atom is 0.126 e. The molecule has 0 radical (unpaired) electrons. The first-order chi connectivity index (χ1) is 5.25. The summed E-state index contributed by atoms with van der Waals surface area (Å²) < 4.78 is 2.00. The third-order valence-electron chi connectivity index (χ3n) is 1.82. The molecule has 1 heterocycles. The highest BCUT2D eigenvalue weighted by Gasteiger charge is 2.00. The third-order valence-corrected chi connectivity index (χ3v) is 1.82. The first-order valence-electron chi connectivity index (χ1n) is 4.03. The van der Waals surface area contributed by atoms with E-state index >= 15 is 0 Å². The van der Waals surface area contributed by atoms with Crippen molar-refractivity contribution < 1.29 is 0 Å². The zero-order valence-corrected chi connectivity index (χ0v) is 7.17. The van der Waals surface area contributed by atoms with Crippen LogP contribution < -0.4 is 5.73 Å². The Balaban J connectivity index is 2.63. The average Bonchev–Trinajstić information content (AvgIpc) is 2.31. The van der Waals surface area contributed by atoms with Crippen LogP contribution in [-0.4, -0.2) is 9.55 Å². The van der Waals surface area contributed by atoms with Gasteiger partial charge in [0.05, 0.1) is 12.0 Å². The summed E-state index contributed by atoms with van der Waals surface area (Å²) >= 11 is 0. The van der Waals surface area contributed by atoms with Crippen LogP contribution in [0.3, 0.4) is 0 Å². The van der Waals surface area contributed by atoms with Gasteiger partial charge in [0, 0.05) is 6.54 Å². The van der Waals surface area contributed by atoms with Gasteiger partial charge in [-0.15, -0.1) is 0 Å². The topological polar surface area (TPSA) is 43.8 Å². The summed E-state index contributed by atoms with van der Waals surface area (Å²) in [7, 11) is 0. The first kappa shape index (κ1) is 8.11. The fourth-order valence-corrected chi connectivity index (χ4v) is 0.999. The van der Waals surface area contributed by atoms with E-state index in [1.54, 1.807) is 6.33 Å². The Morgan fingerprint density at radius 1 is 1.64 bits per heavy atom. The summed E-state index contributed by atoms with van der Waals surface area (Å²) in [6.07, 6.45) is 4.16. The fourth-order valence-electron chi connectivity index (χ4n) is 0.999. The van der Waals surface area contributed by atoms with Crippen molar-refractivity contribution in [1.29, 1.82) is 0 Å². The van der Waals surface area contributed by atoms with Gasteiger partial charge in [-0.2, -0.15) is 0 Å². The van der Waals surface area contributed by atoms with Crippen molar-refractivity contribution in [3.8, 4) is 0 Å². The number of nitrogen functional groups attached to an aromatic ring is 1. The number of rotatable bonds is 3. The van der Waals surface area contributed by atoms with E-state index in [0.29, 0.717) is 0 Å². The van der Waals surface area contributed by atoms with Gasteiger partial charge in [0.2, 0.25) is 0 Å². The molecule has 0 bridgehead atoms. The standard InChI is InChI=1S/C8H15N3/c1-3-4-5-11-6-10-7(2)8(11)9/h6H,3-5,9H2,1-2H3. The summed E-state index contributed by atoms with van der Waals surface area (Å²) in [5, 5.41) is 0. The summed E-state index contributed by atoms with van der Waals surface area (Å²) in [5.74, 6) is 0.804. The minimum atomic E-state index is 0.804. The second-order valence-corrected chi connectivity index (χ2v) is 2.76. The number of nitrogens with two attached hydrogens (primary N) is 1. The molecule has 0 saturated heterocycles. The molecule has 1 aromatic heterocycles. The molecule has 0 fully saturated rings. The Kier molecular flexibility index (Phi) is 2.52. The second kappa shape index (κ2) is 3.42. The Morgan fingerprint density at radius 3 is 2.82 bits per heavy atom. The highest BCUT2D eigenvalue weighted by atomic mass is 15.1. The van der Waals surface area contributed by atoms with Gasteiger partial charge in [0.25, 0.3) is 0 Å². The van der Waals surface area contributed by atoms with Gasteiger partial charge < -0.3 is 10.3 Å². The largest absolute Gasteiger partial charge is 0.384 e. The highest BCUT2D eigenvalue weighted by Crippen LogP contribution is 2.08. The Bertz CT molecular complexity index is 227. The van der Waals surface area contributed by atoms with Gasteiger partial charge in [-0.3, -0.25) is 0 Å². The molecule has 0 aromatic carbocycles. The Morgan fingerprint density at radius 2 is 2.36 bits per heavy atom. The molecule has 0 atom stereocenters. The molecular formula is C8H15N3. The average molecular weight is 153 g/mol. The van der Waals surface area contributed by atoms with Gasteiger partial charge in [-0.05, 0) is 13.3 Å². The molecule has 1 rings (SSSR count). The van der Waals surface area contributed by atoms with Crippen LogP contribution in [0.15, 0.2) is 6.33 Å². The molecule has 0 aliphatic carbocycles. The Labute approximate surface area is 67.2 Å². The molecule has 3 nitrogen and oxygen atoms in total. The number of imidazole rings is 1. The van der Waals surface area contributed by atoms with Crippen LogP contribution in [0.1, 0.15) is 25.5 Å². The molecule has 0 aliphatic heterocycles. The van der Waals surface area contributed by atoms with Crippen LogP contribution in [0, 0.1) is 6.92 Å². The minimum Gasteiger partial charge on any atom is -0.384 e. The normalized spacial score (nSPS) is 10.4. The highest BCUT2D eigenvalue weighted by molar-refractivity contribution is 5.34. The smallest absolute Gasteiger partial charge is 0.126 e. The van der Waals surface area contributed by atoms with E-state index in [1.165, 1.54) is 12.8 Å². The predicted molar refractivity (Wildman–Crippen MR) is 46.3 cm³/mol. The van der Waals surface area contributed by atoms with Crippen LogP contribution >= 0.6 is 0 Å². The number of unbranched alkanes of at least 4 members (excludes halogenated alkanes) is 1. The van der Waals surface area contributed by atoms with Crippen molar-refractivity contribution in [2.24, 2.45) is 0 Å². The van der Waals surface area contributed by atoms with E-state index in [9.17, 15) is 0 Å². The fraction of sp³-hybridized carbons (Fsp3) is 0.625. The number of nitrogens with zero attached hydrogens (tertiary/aromatic N) is 2. The molecule has 0 amide bonds. The van der Waals surface area contributed by atoms with Crippen molar-refractivity contribution in [1.82, 2.24) is 9.55 Å².